The fourth-order valence-electron chi connectivity index (χ4n) is 1.69. The van der Waals surface area contributed by atoms with E-state index in [9.17, 15) is 0 Å². The van der Waals surface area contributed by atoms with Crippen LogP contribution in [0.5, 0.6) is 0 Å². The van der Waals surface area contributed by atoms with Gasteiger partial charge in [0.05, 0.1) is 5.52 Å². The highest BCUT2D eigenvalue weighted by Gasteiger charge is 2.08. The van der Waals surface area contributed by atoms with Crippen LogP contribution in [0.3, 0.4) is 0 Å². The van der Waals surface area contributed by atoms with Crippen molar-refractivity contribution < 1.29 is 0 Å². The molecule has 0 bridgehead atoms. The highest BCUT2D eigenvalue weighted by molar-refractivity contribution is 5.81. The molecule has 0 amide bonds. The molecule has 1 heterocycles. The molecule has 3 N–H and O–H groups in total. The van der Waals surface area contributed by atoms with Gasteiger partial charge in [-0.05, 0) is 23.6 Å². The number of para-hydroxylation sites is 1. The number of fused-ring (bicyclic) bond motifs is 1. The topological polar surface area (TPSA) is 50.9 Å². The third-order valence-corrected chi connectivity index (χ3v) is 2.51. The summed E-state index contributed by atoms with van der Waals surface area (Å²) in [6.07, 6.45) is 0. The van der Waals surface area contributed by atoms with E-state index in [2.05, 4.69) is 36.4 Å². The second kappa shape index (κ2) is 3.87. The van der Waals surface area contributed by atoms with E-state index in [1.807, 2.05) is 18.2 Å². The van der Waals surface area contributed by atoms with Crippen molar-refractivity contribution in [3.05, 3.63) is 35.9 Å². The van der Waals surface area contributed by atoms with Crippen LogP contribution >= 0.6 is 0 Å². The zero-order valence-corrected chi connectivity index (χ0v) is 8.99. The van der Waals surface area contributed by atoms with E-state index in [0.29, 0.717) is 5.92 Å². The van der Waals surface area contributed by atoms with Crippen LogP contribution in [-0.2, 0) is 0 Å². The third-order valence-electron chi connectivity index (χ3n) is 2.51. The van der Waals surface area contributed by atoms with E-state index >= 15 is 0 Å². The van der Waals surface area contributed by atoms with Gasteiger partial charge < -0.3 is 5.43 Å². The summed E-state index contributed by atoms with van der Waals surface area (Å²) in [5.41, 5.74) is 4.77. The van der Waals surface area contributed by atoms with E-state index in [0.717, 1.165) is 22.3 Å². The van der Waals surface area contributed by atoms with Crippen molar-refractivity contribution in [2.45, 2.75) is 19.8 Å². The number of nitrogens with two attached hydrogens (primary N) is 1. The van der Waals surface area contributed by atoms with Crippen LogP contribution < -0.4 is 11.3 Å². The standard InChI is InChI=1S/C12H15N3/c1-8(2)10-7-9-5-3-4-6-11(9)14-12(10)15-13/h3-8H,13H2,1-2H3,(H,14,15). The number of nitrogens with zero attached hydrogens (tertiary/aromatic N) is 1. The van der Waals surface area contributed by atoms with Gasteiger partial charge in [-0.25, -0.2) is 10.8 Å². The van der Waals surface area contributed by atoms with Gasteiger partial charge in [0.15, 0.2) is 0 Å². The normalized spacial score (nSPS) is 10.9. The molecule has 15 heavy (non-hydrogen) atoms. The number of hydrazine groups is 1. The first kappa shape index (κ1) is 9.93. The Morgan fingerprint density at radius 1 is 1.27 bits per heavy atom. The molecular formula is C12H15N3. The molecule has 0 unspecified atom stereocenters. The Morgan fingerprint density at radius 3 is 2.67 bits per heavy atom. The highest BCUT2D eigenvalue weighted by Crippen LogP contribution is 2.25. The summed E-state index contributed by atoms with van der Waals surface area (Å²) in [5, 5.41) is 1.15. The lowest BCUT2D eigenvalue weighted by Crippen LogP contribution is -2.11. The van der Waals surface area contributed by atoms with Crippen molar-refractivity contribution in [3.63, 3.8) is 0 Å². The van der Waals surface area contributed by atoms with Gasteiger partial charge in [0.2, 0.25) is 0 Å². The van der Waals surface area contributed by atoms with Gasteiger partial charge in [-0.15, -0.1) is 0 Å². The number of nitrogen functional groups attached to an aromatic ring is 1. The largest absolute Gasteiger partial charge is 0.308 e. The molecule has 0 saturated heterocycles. The van der Waals surface area contributed by atoms with Gasteiger partial charge in [0, 0.05) is 5.39 Å². The molecule has 0 atom stereocenters. The lowest BCUT2D eigenvalue weighted by molar-refractivity contribution is 0.862. The first-order valence-electron chi connectivity index (χ1n) is 5.08. The Bertz CT molecular complexity index is 477. The molecule has 0 aliphatic carbocycles. The molecule has 2 rings (SSSR count). The number of pyridine rings is 1. The van der Waals surface area contributed by atoms with E-state index in [1.165, 1.54) is 0 Å². The maximum atomic E-state index is 5.47. The summed E-state index contributed by atoms with van der Waals surface area (Å²) < 4.78 is 0. The maximum absolute atomic E-state index is 5.47. The van der Waals surface area contributed by atoms with Gasteiger partial charge >= 0.3 is 0 Å². The molecule has 0 fully saturated rings. The lowest BCUT2D eigenvalue weighted by Gasteiger charge is -2.12. The van der Waals surface area contributed by atoms with Crippen LogP contribution in [0.1, 0.15) is 25.3 Å². The average molecular weight is 201 g/mol. The smallest absolute Gasteiger partial charge is 0.144 e. The molecule has 2 aromatic rings. The lowest BCUT2D eigenvalue weighted by atomic mass is 10.0. The van der Waals surface area contributed by atoms with Crippen molar-refractivity contribution in [1.82, 2.24) is 4.98 Å². The van der Waals surface area contributed by atoms with Crippen molar-refractivity contribution in [2.24, 2.45) is 5.84 Å². The van der Waals surface area contributed by atoms with Gasteiger partial charge in [0.25, 0.3) is 0 Å². The van der Waals surface area contributed by atoms with E-state index in [1.54, 1.807) is 0 Å². The van der Waals surface area contributed by atoms with Crippen molar-refractivity contribution >= 4 is 16.7 Å². The molecule has 0 aliphatic heterocycles. The van der Waals surface area contributed by atoms with Gasteiger partial charge in [0.1, 0.15) is 5.82 Å². The molecule has 1 aromatic heterocycles. The van der Waals surface area contributed by atoms with Crippen LogP contribution in [0.2, 0.25) is 0 Å². The SMILES string of the molecule is CC(C)c1cc2ccccc2nc1NN. The van der Waals surface area contributed by atoms with Crippen LogP contribution in [-0.4, -0.2) is 4.98 Å². The molecule has 3 heteroatoms. The van der Waals surface area contributed by atoms with Crippen molar-refractivity contribution in [1.29, 1.82) is 0 Å². The predicted molar refractivity (Wildman–Crippen MR) is 63.6 cm³/mol. The molecule has 0 spiro atoms. The number of benzene rings is 1. The second-order valence-electron chi connectivity index (χ2n) is 3.92. The van der Waals surface area contributed by atoms with Gasteiger partial charge in [-0.1, -0.05) is 32.0 Å². The molecule has 0 saturated carbocycles. The Kier molecular flexibility index (Phi) is 2.56. The van der Waals surface area contributed by atoms with Crippen molar-refractivity contribution in [3.8, 4) is 0 Å². The summed E-state index contributed by atoms with van der Waals surface area (Å²) in [5.74, 6) is 6.64. The predicted octanol–water partition coefficient (Wildman–Crippen LogP) is 2.64. The molecule has 0 aliphatic rings. The monoisotopic (exact) mass is 201 g/mol. The average Bonchev–Trinajstić information content (AvgIpc) is 2.27. The summed E-state index contributed by atoms with van der Waals surface area (Å²) in [6.45, 7) is 4.26. The number of hydrogen-bond donors (Lipinski definition) is 2. The summed E-state index contributed by atoms with van der Waals surface area (Å²) >= 11 is 0. The Hall–Kier alpha value is -1.61. The molecule has 1 aromatic carbocycles. The summed E-state index contributed by atoms with van der Waals surface area (Å²) in [4.78, 5) is 4.48. The minimum Gasteiger partial charge on any atom is -0.308 e. The zero-order chi connectivity index (χ0) is 10.8. The quantitative estimate of drug-likeness (QED) is 0.580. The van der Waals surface area contributed by atoms with Gasteiger partial charge in [-0.3, -0.25) is 0 Å². The van der Waals surface area contributed by atoms with E-state index in [4.69, 9.17) is 5.84 Å². The number of anilines is 1. The van der Waals surface area contributed by atoms with Crippen LogP contribution in [0.15, 0.2) is 30.3 Å². The third kappa shape index (κ3) is 1.78. The Labute approximate surface area is 89.3 Å². The summed E-state index contributed by atoms with van der Waals surface area (Å²) in [6, 6.07) is 10.2. The van der Waals surface area contributed by atoms with E-state index < -0.39 is 0 Å². The fraction of sp³-hybridized carbons (Fsp3) is 0.250. The number of hydrogen-bond acceptors (Lipinski definition) is 3. The molecule has 3 nitrogen and oxygen atoms in total. The van der Waals surface area contributed by atoms with Crippen molar-refractivity contribution in [2.75, 3.05) is 5.43 Å². The first-order valence-corrected chi connectivity index (χ1v) is 5.08. The fourth-order valence-corrected chi connectivity index (χ4v) is 1.69. The van der Waals surface area contributed by atoms with Crippen LogP contribution in [0.4, 0.5) is 5.82 Å². The van der Waals surface area contributed by atoms with Crippen LogP contribution in [0, 0.1) is 0 Å². The van der Waals surface area contributed by atoms with Crippen LogP contribution in [0.25, 0.3) is 10.9 Å². The van der Waals surface area contributed by atoms with E-state index in [-0.39, 0.29) is 0 Å². The summed E-state index contributed by atoms with van der Waals surface area (Å²) in [7, 11) is 0. The molecule has 0 radical (unpaired) electrons. The Morgan fingerprint density at radius 2 is 2.00 bits per heavy atom. The van der Waals surface area contributed by atoms with Gasteiger partial charge in [-0.2, -0.15) is 0 Å². The molecular weight excluding hydrogens is 186 g/mol. The number of aromatic nitrogens is 1. The first-order chi connectivity index (χ1) is 7.22. The Balaban J connectivity index is 2.69. The minimum absolute atomic E-state index is 0.410. The zero-order valence-electron chi connectivity index (χ0n) is 8.99. The highest BCUT2D eigenvalue weighted by atomic mass is 15.2. The molecule has 78 valence electrons. The maximum Gasteiger partial charge on any atom is 0.144 e. The number of rotatable bonds is 2. The number of nitrogens with one attached hydrogen (secondary N) is 1. The second-order valence-corrected chi connectivity index (χ2v) is 3.92. The minimum atomic E-state index is 0.410.